The molecule has 1 saturated heterocycles. The minimum Gasteiger partial charge on any atom is -0.394 e. The summed E-state index contributed by atoms with van der Waals surface area (Å²) in [6.45, 7) is 0.883. The first-order valence-corrected chi connectivity index (χ1v) is 5.25. The van der Waals surface area contributed by atoms with Crippen LogP contribution in [0.3, 0.4) is 0 Å². The molecule has 0 aromatic rings. The van der Waals surface area contributed by atoms with Crippen LogP contribution in [0.1, 0.15) is 6.92 Å². The third-order valence-electron chi connectivity index (χ3n) is 2.62. The lowest BCUT2D eigenvalue weighted by molar-refractivity contribution is -0.253. The van der Waals surface area contributed by atoms with Crippen molar-refractivity contribution in [2.45, 2.75) is 43.6 Å². The molecule has 100 valence electrons. The van der Waals surface area contributed by atoms with E-state index in [2.05, 4.69) is 5.32 Å². The van der Waals surface area contributed by atoms with Gasteiger partial charge in [-0.3, -0.25) is 4.79 Å². The topological polar surface area (TPSA) is 145 Å². The van der Waals surface area contributed by atoms with Crippen molar-refractivity contribution in [3.8, 4) is 0 Å². The Labute approximate surface area is 98.0 Å². The van der Waals surface area contributed by atoms with E-state index in [9.17, 15) is 20.1 Å². The van der Waals surface area contributed by atoms with Gasteiger partial charge in [-0.1, -0.05) is 0 Å². The monoisotopic (exact) mass is 250 g/mol. The van der Waals surface area contributed by atoms with Gasteiger partial charge in [0.15, 0.2) is 6.29 Å². The zero-order chi connectivity index (χ0) is 13.2. The Morgan fingerprint density at radius 3 is 2.47 bits per heavy atom. The quantitative estimate of drug-likeness (QED) is 0.302. The van der Waals surface area contributed by atoms with E-state index in [1.54, 1.807) is 0 Å². The van der Waals surface area contributed by atoms with Crippen LogP contribution in [0.4, 0.5) is 0 Å². The lowest BCUT2D eigenvalue weighted by atomic mass is 9.97. The minimum atomic E-state index is -1.52. The number of aliphatic hydroxyl groups excluding tert-OH is 4. The molecule has 1 rings (SSSR count). The largest absolute Gasteiger partial charge is 0.394 e. The number of nitrogens with two attached hydrogens (primary N) is 1. The first-order valence-electron chi connectivity index (χ1n) is 5.25. The molecule has 0 unspecified atom stereocenters. The van der Waals surface area contributed by atoms with Gasteiger partial charge in [-0.2, -0.15) is 0 Å². The lowest BCUT2D eigenvalue weighted by Crippen LogP contribution is -2.65. The molecule has 6 atom stereocenters. The van der Waals surface area contributed by atoms with Gasteiger partial charge in [0.1, 0.15) is 24.4 Å². The molecule has 8 nitrogen and oxygen atoms in total. The first-order chi connectivity index (χ1) is 7.88. The summed E-state index contributed by atoms with van der Waals surface area (Å²) in [5, 5.41) is 39.9. The molecule has 0 aliphatic carbocycles. The summed E-state index contributed by atoms with van der Waals surface area (Å²) in [5.41, 5.74) is 5.31. The number of aliphatic hydroxyl groups is 4. The van der Waals surface area contributed by atoms with E-state index in [1.807, 2.05) is 0 Å². The maximum absolute atomic E-state index is 11.3. The van der Waals surface area contributed by atoms with E-state index in [0.717, 1.165) is 0 Å². The van der Waals surface area contributed by atoms with Gasteiger partial charge < -0.3 is 36.2 Å². The fourth-order valence-corrected chi connectivity index (χ4v) is 1.55. The molecule has 0 aromatic carbocycles. The molecule has 1 heterocycles. The summed E-state index contributed by atoms with van der Waals surface area (Å²) >= 11 is 0. The normalized spacial score (nSPS) is 39.8. The molecule has 1 aliphatic rings. The third kappa shape index (κ3) is 3.12. The van der Waals surface area contributed by atoms with E-state index in [1.165, 1.54) is 6.92 Å². The third-order valence-corrected chi connectivity index (χ3v) is 2.62. The highest BCUT2D eigenvalue weighted by Gasteiger charge is 2.44. The fraction of sp³-hybridized carbons (Fsp3) is 0.889. The van der Waals surface area contributed by atoms with Gasteiger partial charge in [0.05, 0.1) is 12.6 Å². The van der Waals surface area contributed by atoms with E-state index >= 15 is 0 Å². The summed E-state index contributed by atoms with van der Waals surface area (Å²) in [4.78, 5) is 11.3. The average molecular weight is 250 g/mol. The number of rotatable bonds is 3. The van der Waals surface area contributed by atoms with Gasteiger partial charge in [-0.15, -0.1) is 0 Å². The molecule has 0 bridgehead atoms. The highest BCUT2D eigenvalue weighted by atomic mass is 16.6. The van der Waals surface area contributed by atoms with Crippen molar-refractivity contribution in [2.24, 2.45) is 5.73 Å². The molecule has 17 heavy (non-hydrogen) atoms. The second kappa shape index (κ2) is 5.71. The highest BCUT2D eigenvalue weighted by Crippen LogP contribution is 2.19. The smallest absolute Gasteiger partial charge is 0.237 e. The number of hydrogen-bond acceptors (Lipinski definition) is 7. The van der Waals surface area contributed by atoms with Crippen LogP contribution in [0.15, 0.2) is 0 Å². The van der Waals surface area contributed by atoms with Gasteiger partial charge in [0.25, 0.3) is 0 Å². The molecular formula is C9H18N2O6. The Kier molecular flexibility index (Phi) is 4.80. The molecule has 8 heteroatoms. The molecule has 0 saturated carbocycles. The second-order valence-corrected chi connectivity index (χ2v) is 4.05. The van der Waals surface area contributed by atoms with Crippen molar-refractivity contribution < 1.29 is 30.0 Å². The van der Waals surface area contributed by atoms with Gasteiger partial charge in [-0.05, 0) is 6.92 Å². The number of nitrogens with one attached hydrogen (secondary N) is 1. The lowest BCUT2D eigenvalue weighted by Gasteiger charge is -2.40. The number of carbonyl (C=O) groups is 1. The summed E-state index contributed by atoms with van der Waals surface area (Å²) in [6.07, 6.45) is -5.46. The van der Waals surface area contributed by atoms with Crippen molar-refractivity contribution in [3.05, 3.63) is 0 Å². The van der Waals surface area contributed by atoms with E-state index in [0.29, 0.717) is 0 Å². The van der Waals surface area contributed by atoms with Crippen LogP contribution in [0, 0.1) is 0 Å². The van der Waals surface area contributed by atoms with Gasteiger partial charge in [0, 0.05) is 0 Å². The Hall–Kier alpha value is -0.770. The maximum atomic E-state index is 11.3. The minimum absolute atomic E-state index is 0.552. The molecule has 1 aliphatic heterocycles. The standard InChI is InChI=1S/C9H18N2O6/c1-3(10)8(15)11-5-7(14)6(13)4(2-12)17-9(5)16/h3-7,9,12-14,16H,2,10H2,1H3,(H,11,15)/t3-,4+,5+,6+,7+,9+/m0/s1. The molecule has 0 aromatic heterocycles. The molecule has 0 radical (unpaired) electrons. The highest BCUT2D eigenvalue weighted by molar-refractivity contribution is 5.81. The Balaban J connectivity index is 2.69. The zero-order valence-corrected chi connectivity index (χ0v) is 9.35. The maximum Gasteiger partial charge on any atom is 0.237 e. The summed E-state index contributed by atoms with van der Waals surface area (Å²) in [6, 6.07) is -2.01. The van der Waals surface area contributed by atoms with Crippen molar-refractivity contribution in [2.75, 3.05) is 6.61 Å². The summed E-state index contributed by atoms with van der Waals surface area (Å²) in [7, 11) is 0. The Bertz CT molecular complexity index is 274. The van der Waals surface area contributed by atoms with Crippen LogP contribution in [-0.2, 0) is 9.53 Å². The predicted octanol–water partition coefficient (Wildman–Crippen LogP) is -3.75. The SMILES string of the molecule is C[C@H](N)C(=O)N[C@@H]1[C@@H](O)[C@H](O)[C@@H](CO)O[C@H]1O. The molecular weight excluding hydrogens is 232 g/mol. The van der Waals surface area contributed by atoms with Crippen LogP contribution in [0.25, 0.3) is 0 Å². The van der Waals surface area contributed by atoms with Crippen molar-refractivity contribution in [1.29, 1.82) is 0 Å². The first kappa shape index (κ1) is 14.3. The number of carbonyl (C=O) groups excluding carboxylic acids is 1. The van der Waals surface area contributed by atoms with E-state index in [4.69, 9.17) is 15.6 Å². The molecule has 1 fully saturated rings. The predicted molar refractivity (Wildman–Crippen MR) is 55.6 cm³/mol. The number of amides is 1. The Morgan fingerprint density at radius 2 is 2.00 bits per heavy atom. The number of hydrogen-bond donors (Lipinski definition) is 6. The van der Waals surface area contributed by atoms with Crippen LogP contribution in [0.2, 0.25) is 0 Å². The fourth-order valence-electron chi connectivity index (χ4n) is 1.55. The summed E-state index contributed by atoms with van der Waals surface area (Å²) < 4.78 is 4.85. The van der Waals surface area contributed by atoms with Crippen LogP contribution >= 0.6 is 0 Å². The Morgan fingerprint density at radius 1 is 1.41 bits per heavy atom. The van der Waals surface area contributed by atoms with Crippen LogP contribution in [-0.4, -0.2) is 69.6 Å². The van der Waals surface area contributed by atoms with Gasteiger partial charge in [-0.25, -0.2) is 0 Å². The van der Waals surface area contributed by atoms with Crippen molar-refractivity contribution in [3.63, 3.8) is 0 Å². The van der Waals surface area contributed by atoms with Crippen LogP contribution < -0.4 is 11.1 Å². The number of ether oxygens (including phenoxy) is 1. The molecule has 1 amide bonds. The van der Waals surface area contributed by atoms with E-state index in [-0.39, 0.29) is 0 Å². The van der Waals surface area contributed by atoms with Crippen molar-refractivity contribution >= 4 is 5.91 Å². The van der Waals surface area contributed by atoms with Gasteiger partial charge in [0.2, 0.25) is 5.91 Å². The second-order valence-electron chi connectivity index (χ2n) is 4.05. The molecule has 7 N–H and O–H groups in total. The van der Waals surface area contributed by atoms with Crippen molar-refractivity contribution in [1.82, 2.24) is 5.32 Å². The molecule has 0 spiro atoms. The van der Waals surface area contributed by atoms with Crippen LogP contribution in [0.5, 0.6) is 0 Å². The van der Waals surface area contributed by atoms with E-state index < -0.39 is 49.2 Å². The van der Waals surface area contributed by atoms with Gasteiger partial charge >= 0.3 is 0 Å². The zero-order valence-electron chi connectivity index (χ0n) is 9.35. The average Bonchev–Trinajstić information content (AvgIpc) is 2.28. The summed E-state index contributed by atoms with van der Waals surface area (Å²) in [5.74, 6) is -0.591.